The summed E-state index contributed by atoms with van der Waals surface area (Å²) < 4.78 is 21.3. The molecule has 0 unspecified atom stereocenters. The van der Waals surface area contributed by atoms with Gasteiger partial charge < -0.3 is 18.6 Å². The van der Waals surface area contributed by atoms with Gasteiger partial charge in [0.05, 0.1) is 29.7 Å². The number of benzene rings is 3. The molecule has 0 fully saturated rings. The van der Waals surface area contributed by atoms with Gasteiger partial charge in [0, 0.05) is 11.6 Å². The number of hydrogen-bond acceptors (Lipinski definition) is 8. The van der Waals surface area contributed by atoms with Gasteiger partial charge in [-0.3, -0.25) is 0 Å². The van der Waals surface area contributed by atoms with E-state index in [0.29, 0.717) is 59.6 Å². The van der Waals surface area contributed by atoms with E-state index in [-0.39, 0.29) is 5.89 Å². The summed E-state index contributed by atoms with van der Waals surface area (Å²) >= 11 is 0. The Hall–Kier alpha value is -4.72. The summed E-state index contributed by atoms with van der Waals surface area (Å²) in [4.78, 5) is 40.1. The Balaban J connectivity index is 1.30. The first kappa shape index (κ1) is 24.4. The highest BCUT2D eigenvalue weighted by Gasteiger charge is 2.11. The lowest BCUT2D eigenvalue weighted by Crippen LogP contribution is -2.08. The van der Waals surface area contributed by atoms with Crippen LogP contribution in [0.2, 0.25) is 0 Å². The summed E-state index contributed by atoms with van der Waals surface area (Å²) in [5.74, 6) is 0.177. The van der Waals surface area contributed by atoms with Gasteiger partial charge in [-0.15, -0.1) is 0 Å². The molecule has 0 aliphatic carbocycles. The van der Waals surface area contributed by atoms with E-state index in [1.165, 1.54) is 0 Å². The molecule has 0 atom stereocenters. The molecule has 4 rings (SSSR count). The summed E-state index contributed by atoms with van der Waals surface area (Å²) in [6.07, 6.45) is 2.51. The molecule has 0 saturated heterocycles. The summed E-state index contributed by atoms with van der Waals surface area (Å²) in [5, 5.41) is 0.412. The van der Waals surface area contributed by atoms with Crippen LogP contribution in [0.1, 0.15) is 23.2 Å². The van der Waals surface area contributed by atoms with Crippen LogP contribution in [0.25, 0.3) is 22.4 Å². The van der Waals surface area contributed by atoms with Crippen molar-refractivity contribution < 1.29 is 28.2 Å². The van der Waals surface area contributed by atoms with Crippen molar-refractivity contribution in [3.8, 4) is 23.0 Å². The molecule has 0 spiro atoms. The first-order valence-electron chi connectivity index (χ1n) is 11.3. The van der Waals surface area contributed by atoms with Crippen molar-refractivity contribution in [2.24, 2.45) is 0 Å². The highest BCUT2D eigenvalue weighted by atomic mass is 16.5. The van der Waals surface area contributed by atoms with Crippen LogP contribution in [0.3, 0.4) is 0 Å². The monoisotopic (exact) mass is 485 g/mol. The molecule has 1 aromatic heterocycles. The average Bonchev–Trinajstić information content (AvgIpc) is 2.91. The molecule has 0 bridgehead atoms. The number of fused-ring (bicyclic) bond motifs is 1. The molecule has 0 aliphatic heterocycles. The predicted molar refractivity (Wildman–Crippen MR) is 133 cm³/mol. The molecule has 36 heavy (non-hydrogen) atoms. The Labute approximate surface area is 206 Å². The second-order valence-corrected chi connectivity index (χ2v) is 7.69. The molecule has 0 radical (unpaired) electrons. The molecule has 182 valence electrons. The van der Waals surface area contributed by atoms with Gasteiger partial charge in [0.1, 0.15) is 11.5 Å². The van der Waals surface area contributed by atoms with Crippen molar-refractivity contribution in [2.45, 2.75) is 12.8 Å². The maximum Gasteiger partial charge on any atom is 0.347 e. The van der Waals surface area contributed by atoms with Crippen molar-refractivity contribution in [3.05, 3.63) is 101 Å². The molecule has 1 heterocycles. The van der Waals surface area contributed by atoms with Crippen LogP contribution in [0.4, 0.5) is 0 Å². The number of carbonyl (C=O) groups excluding carboxylic acids is 2. The lowest BCUT2D eigenvalue weighted by atomic mass is 10.2. The maximum absolute atomic E-state index is 12.5. The molecule has 4 aromatic rings. The van der Waals surface area contributed by atoms with Crippen LogP contribution in [0, 0.1) is 0 Å². The van der Waals surface area contributed by atoms with Gasteiger partial charge in [-0.05, 0) is 73.5 Å². The first-order valence-corrected chi connectivity index (χ1v) is 11.3. The number of nitrogens with zero attached hydrogens (tertiary/aromatic N) is 1. The third-order valence-electron chi connectivity index (χ3n) is 5.16. The Morgan fingerprint density at radius 1 is 0.889 bits per heavy atom. The zero-order chi connectivity index (χ0) is 25.3. The van der Waals surface area contributed by atoms with Gasteiger partial charge in [-0.25, -0.2) is 19.4 Å². The zero-order valence-corrected chi connectivity index (χ0v) is 19.3. The Morgan fingerprint density at radius 3 is 2.33 bits per heavy atom. The number of unbranched alkanes of at least 4 members (excludes halogenated alkanes) is 1. The third kappa shape index (κ3) is 6.24. The highest BCUT2D eigenvalue weighted by molar-refractivity contribution is 5.91. The molecule has 8 nitrogen and oxygen atoms in total. The topological polar surface area (TPSA) is 105 Å². The summed E-state index contributed by atoms with van der Waals surface area (Å²) in [6, 6.07) is 20.1. The minimum atomic E-state index is -0.520. The molecule has 8 heteroatoms. The standard InChI is InChI=1S/C28H23NO7/c1-2-25(30)34-18-6-5-17-33-21-13-11-20(12-14-21)27(31)35-22-15-9-19(10-16-22)26-29-24-8-4-3-7-23(24)28(32)36-26/h2-4,7-16H,1,5-6,17-18H2. The SMILES string of the molecule is C=CC(=O)OCCCCOc1ccc(C(=O)Oc2ccc(-c3nc4ccccc4c(=O)o3)cc2)cc1. The van der Waals surface area contributed by atoms with E-state index in [4.69, 9.17) is 18.6 Å². The van der Waals surface area contributed by atoms with Gasteiger partial charge in [-0.1, -0.05) is 18.7 Å². The molecule has 0 amide bonds. The maximum atomic E-state index is 12.5. The largest absolute Gasteiger partial charge is 0.494 e. The van der Waals surface area contributed by atoms with Gasteiger partial charge in [0.15, 0.2) is 0 Å². The van der Waals surface area contributed by atoms with Crippen LogP contribution in [0.15, 0.2) is 94.7 Å². The highest BCUT2D eigenvalue weighted by Crippen LogP contribution is 2.23. The van der Waals surface area contributed by atoms with Crippen molar-refractivity contribution in [2.75, 3.05) is 13.2 Å². The molecule has 3 aromatic carbocycles. The number of para-hydroxylation sites is 1. The molecule has 0 saturated carbocycles. The predicted octanol–water partition coefficient (Wildman–Crippen LogP) is 4.96. The van der Waals surface area contributed by atoms with E-state index < -0.39 is 17.6 Å². The normalized spacial score (nSPS) is 10.6. The van der Waals surface area contributed by atoms with E-state index in [1.807, 2.05) is 0 Å². The number of carbonyl (C=O) groups is 2. The average molecular weight is 485 g/mol. The number of hydrogen-bond donors (Lipinski definition) is 0. The van der Waals surface area contributed by atoms with Crippen LogP contribution in [-0.2, 0) is 9.53 Å². The number of aromatic nitrogens is 1. The molecular weight excluding hydrogens is 462 g/mol. The van der Waals surface area contributed by atoms with Crippen molar-refractivity contribution in [1.82, 2.24) is 4.98 Å². The van der Waals surface area contributed by atoms with Crippen LogP contribution in [0.5, 0.6) is 11.5 Å². The number of ether oxygens (including phenoxy) is 3. The van der Waals surface area contributed by atoms with Crippen LogP contribution >= 0.6 is 0 Å². The van der Waals surface area contributed by atoms with E-state index in [1.54, 1.807) is 72.8 Å². The Morgan fingerprint density at radius 2 is 1.58 bits per heavy atom. The number of rotatable bonds is 10. The first-order chi connectivity index (χ1) is 17.5. The van der Waals surface area contributed by atoms with E-state index in [9.17, 15) is 14.4 Å². The summed E-state index contributed by atoms with van der Waals surface area (Å²) in [6.45, 7) is 4.10. The fourth-order valence-electron chi connectivity index (χ4n) is 3.29. The molecule has 0 N–H and O–H groups in total. The second kappa shape index (κ2) is 11.6. The molecular formula is C28H23NO7. The fraction of sp³-hybridized carbons (Fsp3) is 0.143. The minimum Gasteiger partial charge on any atom is -0.494 e. The van der Waals surface area contributed by atoms with Gasteiger partial charge in [0.2, 0.25) is 5.89 Å². The number of esters is 2. The lowest BCUT2D eigenvalue weighted by molar-refractivity contribution is -0.137. The quantitative estimate of drug-likeness (QED) is 0.134. The second-order valence-electron chi connectivity index (χ2n) is 7.69. The minimum absolute atomic E-state index is 0.185. The van der Waals surface area contributed by atoms with Gasteiger partial charge in [0.25, 0.3) is 0 Å². The molecule has 0 aliphatic rings. The summed E-state index contributed by atoms with van der Waals surface area (Å²) in [5.41, 5.74) is 1.02. The third-order valence-corrected chi connectivity index (χ3v) is 5.16. The smallest absolute Gasteiger partial charge is 0.347 e. The van der Waals surface area contributed by atoms with Crippen LogP contribution in [-0.4, -0.2) is 30.1 Å². The Bertz CT molecular complexity index is 1420. The Kier molecular flexibility index (Phi) is 7.87. The van der Waals surface area contributed by atoms with Crippen molar-refractivity contribution in [3.63, 3.8) is 0 Å². The van der Waals surface area contributed by atoms with E-state index in [2.05, 4.69) is 11.6 Å². The fourth-order valence-corrected chi connectivity index (χ4v) is 3.29. The zero-order valence-electron chi connectivity index (χ0n) is 19.3. The lowest BCUT2D eigenvalue weighted by Gasteiger charge is -2.08. The van der Waals surface area contributed by atoms with Crippen molar-refractivity contribution in [1.29, 1.82) is 0 Å². The van der Waals surface area contributed by atoms with Gasteiger partial charge >= 0.3 is 17.6 Å². The van der Waals surface area contributed by atoms with Crippen molar-refractivity contribution >= 4 is 22.8 Å². The van der Waals surface area contributed by atoms with E-state index in [0.717, 1.165) is 6.08 Å². The van der Waals surface area contributed by atoms with Crippen LogP contribution < -0.4 is 15.1 Å². The van der Waals surface area contributed by atoms with Gasteiger partial charge in [-0.2, -0.15) is 0 Å². The van der Waals surface area contributed by atoms with E-state index >= 15 is 0 Å². The summed E-state index contributed by atoms with van der Waals surface area (Å²) in [7, 11) is 0.